The summed E-state index contributed by atoms with van der Waals surface area (Å²) in [6, 6.07) is -0.838. The van der Waals surface area contributed by atoms with E-state index in [0.717, 1.165) is 0 Å². The highest BCUT2D eigenvalue weighted by Gasteiger charge is 2.36. The molecule has 0 aromatic carbocycles. The number of carbonyl (C=O) groups excluding carboxylic acids is 2. The largest absolute Gasteiger partial charge is 0.405 e. The normalized spacial score (nSPS) is 20.1. The van der Waals surface area contributed by atoms with E-state index in [0.29, 0.717) is 23.6 Å². The highest BCUT2D eigenvalue weighted by atomic mass is 32.2. The van der Waals surface area contributed by atoms with Crippen LogP contribution in [0.3, 0.4) is 0 Å². The van der Waals surface area contributed by atoms with Crippen molar-refractivity contribution in [3.8, 4) is 0 Å². The van der Waals surface area contributed by atoms with Crippen LogP contribution < -0.4 is 5.32 Å². The van der Waals surface area contributed by atoms with E-state index in [1.807, 2.05) is 12.2 Å². The van der Waals surface area contributed by atoms with Crippen molar-refractivity contribution in [2.24, 2.45) is 0 Å². The summed E-state index contributed by atoms with van der Waals surface area (Å²) in [6.45, 7) is 2.14. The van der Waals surface area contributed by atoms with Crippen molar-refractivity contribution < 1.29 is 22.8 Å². The summed E-state index contributed by atoms with van der Waals surface area (Å²) < 4.78 is 36.2. The molecule has 0 saturated carbocycles. The summed E-state index contributed by atoms with van der Waals surface area (Å²) >= 11 is 1.35. The minimum absolute atomic E-state index is 0.302. The SMILES string of the molecule is CC/C=C(/C)C(=O)N1CSC[C@H]1C(=O)NCC(F)(F)F. The maximum Gasteiger partial charge on any atom is 0.405 e. The van der Waals surface area contributed by atoms with Gasteiger partial charge in [-0.15, -0.1) is 11.8 Å². The van der Waals surface area contributed by atoms with Gasteiger partial charge in [0.15, 0.2) is 0 Å². The summed E-state index contributed by atoms with van der Waals surface area (Å²) in [7, 11) is 0. The van der Waals surface area contributed by atoms with Crippen LogP contribution in [-0.4, -0.2) is 47.1 Å². The van der Waals surface area contributed by atoms with Gasteiger partial charge in [-0.3, -0.25) is 9.59 Å². The van der Waals surface area contributed by atoms with Crippen molar-refractivity contribution in [2.75, 3.05) is 18.2 Å². The van der Waals surface area contributed by atoms with Crippen LogP contribution in [0.1, 0.15) is 20.3 Å². The Kier molecular flexibility index (Phi) is 5.91. The molecule has 1 fully saturated rings. The molecule has 1 atom stereocenters. The van der Waals surface area contributed by atoms with E-state index in [9.17, 15) is 22.8 Å². The van der Waals surface area contributed by atoms with Crippen LogP contribution in [0.2, 0.25) is 0 Å². The fraction of sp³-hybridized carbons (Fsp3) is 0.667. The highest BCUT2D eigenvalue weighted by molar-refractivity contribution is 7.99. The second-order valence-corrected chi connectivity index (χ2v) is 5.42. The predicted molar refractivity (Wildman–Crippen MR) is 71.1 cm³/mol. The van der Waals surface area contributed by atoms with Crippen LogP contribution in [0.25, 0.3) is 0 Å². The molecule has 2 amide bonds. The topological polar surface area (TPSA) is 49.4 Å². The summed E-state index contributed by atoms with van der Waals surface area (Å²) in [4.78, 5) is 25.2. The van der Waals surface area contributed by atoms with Gasteiger partial charge in [-0.25, -0.2) is 0 Å². The van der Waals surface area contributed by atoms with Crippen LogP contribution in [-0.2, 0) is 9.59 Å². The molecule has 1 aliphatic heterocycles. The van der Waals surface area contributed by atoms with Gasteiger partial charge in [-0.1, -0.05) is 13.0 Å². The molecular weight excluding hydrogens is 293 g/mol. The third kappa shape index (κ3) is 4.73. The Bertz CT molecular complexity index is 410. The first-order valence-corrected chi connectivity index (χ1v) is 7.31. The molecular formula is C12H17F3N2O2S. The summed E-state index contributed by atoms with van der Waals surface area (Å²) in [5.74, 6) is -0.430. The van der Waals surface area contributed by atoms with Gasteiger partial charge in [0.2, 0.25) is 5.91 Å². The first-order chi connectivity index (χ1) is 9.26. The van der Waals surface area contributed by atoms with Crippen molar-refractivity contribution in [2.45, 2.75) is 32.5 Å². The van der Waals surface area contributed by atoms with Gasteiger partial charge < -0.3 is 10.2 Å². The van der Waals surface area contributed by atoms with Crippen LogP contribution in [0.15, 0.2) is 11.6 Å². The number of hydrogen-bond donors (Lipinski definition) is 1. The van der Waals surface area contributed by atoms with Crippen LogP contribution in [0.4, 0.5) is 13.2 Å². The molecule has 0 aliphatic carbocycles. The Labute approximate surface area is 119 Å². The third-order valence-electron chi connectivity index (χ3n) is 2.76. The Balaban J connectivity index is 2.67. The Morgan fingerprint density at radius 3 is 2.65 bits per heavy atom. The molecule has 0 spiro atoms. The van der Waals surface area contributed by atoms with Crippen molar-refractivity contribution in [3.63, 3.8) is 0 Å². The maximum absolute atomic E-state index is 12.1. The molecule has 1 saturated heterocycles. The molecule has 4 nitrogen and oxygen atoms in total. The van der Waals surface area contributed by atoms with Gasteiger partial charge in [-0.05, 0) is 13.3 Å². The molecule has 0 radical (unpaired) electrons. The van der Waals surface area contributed by atoms with Crippen LogP contribution in [0.5, 0.6) is 0 Å². The fourth-order valence-electron chi connectivity index (χ4n) is 1.79. The van der Waals surface area contributed by atoms with Crippen molar-refractivity contribution in [1.29, 1.82) is 0 Å². The second kappa shape index (κ2) is 7.01. The number of nitrogens with one attached hydrogen (secondary N) is 1. The molecule has 1 N–H and O–H groups in total. The lowest BCUT2D eigenvalue weighted by Crippen LogP contribution is -2.49. The van der Waals surface area contributed by atoms with Gasteiger partial charge in [0.05, 0.1) is 5.88 Å². The monoisotopic (exact) mass is 310 g/mol. The minimum Gasteiger partial charge on any atom is -0.345 e. The van der Waals surface area contributed by atoms with E-state index in [2.05, 4.69) is 0 Å². The molecule has 1 rings (SSSR count). The van der Waals surface area contributed by atoms with E-state index in [-0.39, 0.29) is 5.91 Å². The van der Waals surface area contributed by atoms with Gasteiger partial charge in [0.25, 0.3) is 5.91 Å². The van der Waals surface area contributed by atoms with Gasteiger partial charge in [0, 0.05) is 11.3 Å². The third-order valence-corrected chi connectivity index (χ3v) is 3.77. The average molecular weight is 310 g/mol. The number of halogens is 3. The number of nitrogens with zero attached hydrogens (tertiary/aromatic N) is 1. The zero-order chi connectivity index (χ0) is 15.3. The number of amides is 2. The number of thioether (sulfide) groups is 1. The van der Waals surface area contributed by atoms with E-state index in [1.165, 1.54) is 16.7 Å². The number of hydrogen-bond acceptors (Lipinski definition) is 3. The number of allylic oxidation sites excluding steroid dienone is 1. The van der Waals surface area contributed by atoms with Crippen LogP contribution in [0, 0.1) is 0 Å². The van der Waals surface area contributed by atoms with Crippen molar-refractivity contribution in [3.05, 3.63) is 11.6 Å². The molecule has 20 heavy (non-hydrogen) atoms. The average Bonchev–Trinajstić information content (AvgIpc) is 2.83. The molecule has 0 unspecified atom stereocenters. The Hall–Kier alpha value is -1.18. The van der Waals surface area contributed by atoms with E-state index in [1.54, 1.807) is 13.0 Å². The van der Waals surface area contributed by atoms with Gasteiger partial charge in [0.1, 0.15) is 12.6 Å². The van der Waals surface area contributed by atoms with E-state index in [4.69, 9.17) is 0 Å². The molecule has 0 aromatic rings. The summed E-state index contributed by atoms with van der Waals surface area (Å²) in [6.07, 6.45) is -2.03. The van der Waals surface area contributed by atoms with E-state index < -0.39 is 24.7 Å². The van der Waals surface area contributed by atoms with Crippen LogP contribution >= 0.6 is 11.8 Å². The standard InChI is InChI=1S/C12H17F3N2O2S/c1-3-4-8(2)11(19)17-7-20-5-9(17)10(18)16-6-12(13,14)15/h4,9H,3,5-7H2,1-2H3,(H,16,18)/b8-4-/t9-/m0/s1. The second-order valence-electron chi connectivity index (χ2n) is 4.42. The minimum atomic E-state index is -4.45. The number of carbonyl (C=O) groups is 2. The fourth-order valence-corrected chi connectivity index (χ4v) is 2.94. The summed E-state index contributed by atoms with van der Waals surface area (Å²) in [5.41, 5.74) is 0.503. The lowest BCUT2D eigenvalue weighted by atomic mass is 10.2. The predicted octanol–water partition coefficient (Wildman–Crippen LogP) is 1.92. The smallest absolute Gasteiger partial charge is 0.345 e. The highest BCUT2D eigenvalue weighted by Crippen LogP contribution is 2.23. The van der Waals surface area contributed by atoms with E-state index >= 15 is 0 Å². The lowest BCUT2D eigenvalue weighted by Gasteiger charge is -2.23. The molecule has 1 aliphatic rings. The summed E-state index contributed by atoms with van der Waals surface area (Å²) in [5, 5.41) is 1.83. The first-order valence-electron chi connectivity index (χ1n) is 6.16. The molecule has 1 heterocycles. The van der Waals surface area contributed by atoms with Gasteiger partial charge >= 0.3 is 6.18 Å². The number of alkyl halides is 3. The molecule has 0 bridgehead atoms. The zero-order valence-corrected chi connectivity index (χ0v) is 12.1. The van der Waals surface area contributed by atoms with Crippen molar-refractivity contribution in [1.82, 2.24) is 10.2 Å². The Morgan fingerprint density at radius 1 is 1.45 bits per heavy atom. The Morgan fingerprint density at radius 2 is 2.10 bits per heavy atom. The molecule has 114 valence electrons. The first kappa shape index (κ1) is 16.9. The van der Waals surface area contributed by atoms with Gasteiger partial charge in [-0.2, -0.15) is 13.2 Å². The molecule has 0 aromatic heterocycles. The lowest BCUT2D eigenvalue weighted by molar-refractivity contribution is -0.143. The van der Waals surface area contributed by atoms with Crippen molar-refractivity contribution >= 4 is 23.6 Å². The zero-order valence-electron chi connectivity index (χ0n) is 11.3. The number of rotatable bonds is 4. The molecule has 8 heteroatoms. The quantitative estimate of drug-likeness (QED) is 0.807. The maximum atomic E-state index is 12.1.